The van der Waals surface area contributed by atoms with Gasteiger partial charge in [0.25, 0.3) is 0 Å². The molecular formula is C24H32O11. The number of aliphatic hydroxyl groups is 3. The standard InChI is InChI=1S/C24H32O11/c1-12-6-5-9-14(25)8-4-2-3-7-13-10-15(11-16(26)17(13)23(32)33-12)34-24-20(29)18(27)19(28)21(35-24)22(30)31/h10-12,18-21,24,26-29H,2-9H2,1H3,(H,30,31)/t12-,18-,19-,20+,21-,24+/m0/s1. The van der Waals surface area contributed by atoms with Crippen LogP contribution in [-0.4, -0.2) is 80.1 Å². The fourth-order valence-electron chi connectivity index (χ4n) is 4.27. The number of aryl methyl sites for hydroxylation is 1. The van der Waals surface area contributed by atoms with Crippen LogP contribution in [-0.2, 0) is 25.5 Å². The van der Waals surface area contributed by atoms with Crippen molar-refractivity contribution in [3.8, 4) is 11.5 Å². The number of benzene rings is 1. The van der Waals surface area contributed by atoms with E-state index in [-0.39, 0.29) is 17.1 Å². The van der Waals surface area contributed by atoms with Crippen LogP contribution >= 0.6 is 0 Å². The minimum absolute atomic E-state index is 0.0266. The van der Waals surface area contributed by atoms with Crippen molar-refractivity contribution < 1.29 is 54.1 Å². The number of carboxylic acids is 1. The van der Waals surface area contributed by atoms with Crippen molar-refractivity contribution in [2.75, 3.05) is 0 Å². The molecule has 2 aliphatic rings. The number of rotatable bonds is 3. The summed E-state index contributed by atoms with van der Waals surface area (Å²) in [7, 11) is 0. The Morgan fingerprint density at radius 2 is 1.66 bits per heavy atom. The van der Waals surface area contributed by atoms with Gasteiger partial charge in [-0.3, -0.25) is 4.79 Å². The second-order valence-electron chi connectivity index (χ2n) is 9.04. The van der Waals surface area contributed by atoms with Crippen molar-refractivity contribution in [2.24, 2.45) is 0 Å². The minimum Gasteiger partial charge on any atom is -0.507 e. The Bertz CT molecular complexity index is 930. The number of phenolic OH excluding ortho intramolecular Hbond substituents is 1. The lowest BCUT2D eigenvalue weighted by atomic mass is 9.97. The van der Waals surface area contributed by atoms with Crippen LogP contribution in [0.4, 0.5) is 0 Å². The van der Waals surface area contributed by atoms with Crippen LogP contribution in [0.5, 0.6) is 11.5 Å². The highest BCUT2D eigenvalue weighted by molar-refractivity contribution is 5.94. The molecule has 0 aliphatic carbocycles. The molecule has 0 amide bonds. The number of ketones is 1. The molecule has 1 aromatic carbocycles. The molecule has 5 N–H and O–H groups in total. The number of carboxylic acid groups (broad SMARTS) is 1. The number of aromatic hydroxyl groups is 1. The van der Waals surface area contributed by atoms with E-state index in [1.807, 2.05) is 0 Å². The van der Waals surface area contributed by atoms with Crippen molar-refractivity contribution in [1.82, 2.24) is 0 Å². The van der Waals surface area contributed by atoms with E-state index < -0.39 is 54.5 Å². The molecule has 0 radical (unpaired) electrons. The summed E-state index contributed by atoms with van der Waals surface area (Å²) in [5, 5.41) is 49.9. The number of Topliss-reactive ketones (excluding diaryl/α,β-unsaturated/α-hetero) is 1. The highest BCUT2D eigenvalue weighted by Crippen LogP contribution is 2.33. The average molecular weight is 497 g/mol. The third-order valence-electron chi connectivity index (χ3n) is 6.22. The zero-order chi connectivity index (χ0) is 25.7. The summed E-state index contributed by atoms with van der Waals surface area (Å²) < 4.78 is 16.1. The van der Waals surface area contributed by atoms with Gasteiger partial charge in [0, 0.05) is 18.9 Å². The molecule has 6 atom stereocenters. The largest absolute Gasteiger partial charge is 0.507 e. The number of phenols is 1. The normalized spacial score (nSPS) is 31.1. The maximum absolute atomic E-state index is 12.8. The summed E-state index contributed by atoms with van der Waals surface area (Å²) in [5.41, 5.74) is 0.377. The third kappa shape index (κ3) is 6.69. The van der Waals surface area contributed by atoms with Gasteiger partial charge in [0.1, 0.15) is 41.2 Å². The molecule has 11 heteroatoms. The lowest BCUT2D eigenvalue weighted by Crippen LogP contribution is -2.61. The summed E-state index contributed by atoms with van der Waals surface area (Å²) in [5.74, 6) is -2.59. The number of aliphatic carboxylic acids is 1. The van der Waals surface area contributed by atoms with Gasteiger partial charge >= 0.3 is 11.9 Å². The maximum atomic E-state index is 12.8. The third-order valence-corrected chi connectivity index (χ3v) is 6.22. The van der Waals surface area contributed by atoms with Crippen LogP contribution in [0, 0.1) is 0 Å². The van der Waals surface area contributed by atoms with Crippen molar-refractivity contribution in [3.63, 3.8) is 0 Å². The zero-order valence-electron chi connectivity index (χ0n) is 19.5. The van der Waals surface area contributed by atoms with Crippen LogP contribution in [0.3, 0.4) is 0 Å². The molecule has 35 heavy (non-hydrogen) atoms. The van der Waals surface area contributed by atoms with Gasteiger partial charge in [-0.15, -0.1) is 0 Å². The quantitative estimate of drug-likeness (QED) is 0.378. The number of esters is 1. The molecule has 1 aromatic rings. The monoisotopic (exact) mass is 496 g/mol. The molecule has 2 heterocycles. The molecule has 11 nitrogen and oxygen atoms in total. The molecule has 194 valence electrons. The van der Waals surface area contributed by atoms with Crippen molar-refractivity contribution in [1.29, 1.82) is 0 Å². The molecule has 0 spiro atoms. The summed E-state index contributed by atoms with van der Waals surface area (Å²) in [6.07, 6.45) is -5.06. The van der Waals surface area contributed by atoms with Crippen LogP contribution in [0.2, 0.25) is 0 Å². The fraction of sp³-hybridized carbons (Fsp3) is 0.625. The highest BCUT2D eigenvalue weighted by atomic mass is 16.7. The number of ether oxygens (including phenoxy) is 3. The number of fused-ring (bicyclic) bond motifs is 1. The zero-order valence-corrected chi connectivity index (χ0v) is 19.5. The minimum atomic E-state index is -1.87. The molecule has 0 saturated carbocycles. The van der Waals surface area contributed by atoms with E-state index in [1.54, 1.807) is 6.92 Å². The van der Waals surface area contributed by atoms with Crippen LogP contribution < -0.4 is 4.74 Å². The Hall–Kier alpha value is -2.73. The molecule has 2 aliphatic heterocycles. The second kappa shape index (κ2) is 11.8. The first-order chi connectivity index (χ1) is 16.6. The summed E-state index contributed by atoms with van der Waals surface area (Å²) >= 11 is 0. The van der Waals surface area contributed by atoms with Gasteiger partial charge < -0.3 is 39.7 Å². The van der Waals surface area contributed by atoms with Gasteiger partial charge in [0.05, 0.1) is 6.10 Å². The highest BCUT2D eigenvalue weighted by Gasteiger charge is 2.48. The van der Waals surface area contributed by atoms with Gasteiger partial charge in [-0.25, -0.2) is 9.59 Å². The van der Waals surface area contributed by atoms with Gasteiger partial charge in [-0.05, 0) is 50.7 Å². The van der Waals surface area contributed by atoms with Crippen LogP contribution in [0.15, 0.2) is 12.1 Å². The fourth-order valence-corrected chi connectivity index (χ4v) is 4.27. The molecule has 1 fully saturated rings. The van der Waals surface area contributed by atoms with Crippen LogP contribution in [0.25, 0.3) is 0 Å². The maximum Gasteiger partial charge on any atom is 0.342 e. The number of aliphatic hydroxyl groups excluding tert-OH is 3. The average Bonchev–Trinajstić information content (AvgIpc) is 2.78. The van der Waals surface area contributed by atoms with E-state index in [9.17, 15) is 39.9 Å². The molecule has 1 saturated heterocycles. The first kappa shape index (κ1) is 26.9. The van der Waals surface area contributed by atoms with E-state index in [2.05, 4.69) is 0 Å². The van der Waals surface area contributed by atoms with E-state index >= 15 is 0 Å². The summed E-state index contributed by atoms with van der Waals surface area (Å²) in [6, 6.07) is 2.55. The van der Waals surface area contributed by atoms with E-state index in [1.165, 1.54) is 6.07 Å². The predicted molar refractivity (Wildman–Crippen MR) is 119 cm³/mol. The summed E-state index contributed by atoms with van der Waals surface area (Å²) in [4.78, 5) is 36.1. The SMILES string of the molecule is C[C@H]1CCCC(=O)CCCCCc2cc(O[C@@H]3O[C@H](C(=O)O)[C@@H](O)[C@H](O)[C@H]3O)cc(O)c2C(=O)O1. The van der Waals surface area contributed by atoms with Crippen LogP contribution in [0.1, 0.15) is 67.8 Å². The van der Waals surface area contributed by atoms with E-state index in [4.69, 9.17) is 14.2 Å². The Morgan fingerprint density at radius 1 is 0.971 bits per heavy atom. The number of hydrogen-bond acceptors (Lipinski definition) is 10. The molecule has 0 aromatic heterocycles. The van der Waals surface area contributed by atoms with Gasteiger partial charge in [0.2, 0.25) is 6.29 Å². The van der Waals surface area contributed by atoms with Crippen molar-refractivity contribution >= 4 is 17.7 Å². The first-order valence-electron chi connectivity index (χ1n) is 11.8. The number of carbonyl (C=O) groups is 3. The van der Waals surface area contributed by atoms with Crippen molar-refractivity contribution in [3.05, 3.63) is 23.3 Å². The number of hydrogen-bond donors (Lipinski definition) is 5. The molecule has 0 unspecified atom stereocenters. The Morgan fingerprint density at radius 3 is 2.37 bits per heavy atom. The Labute approximate surface area is 202 Å². The molecule has 3 rings (SSSR count). The summed E-state index contributed by atoms with van der Waals surface area (Å²) in [6.45, 7) is 1.71. The smallest absolute Gasteiger partial charge is 0.342 e. The van der Waals surface area contributed by atoms with Gasteiger partial charge in [0.15, 0.2) is 6.10 Å². The van der Waals surface area contributed by atoms with E-state index in [0.29, 0.717) is 50.5 Å². The second-order valence-corrected chi connectivity index (χ2v) is 9.04. The molecule has 0 bridgehead atoms. The lowest BCUT2D eigenvalue weighted by molar-refractivity contribution is -0.271. The Balaban J connectivity index is 1.86. The van der Waals surface area contributed by atoms with Gasteiger partial charge in [-0.1, -0.05) is 6.42 Å². The van der Waals surface area contributed by atoms with Crippen molar-refractivity contribution in [2.45, 2.75) is 95.1 Å². The lowest BCUT2D eigenvalue weighted by Gasteiger charge is -2.38. The number of carbonyl (C=O) groups excluding carboxylic acids is 2. The Kier molecular flexibility index (Phi) is 9.06. The first-order valence-corrected chi connectivity index (χ1v) is 11.8. The number of cyclic esters (lactones) is 1. The molecular weight excluding hydrogens is 464 g/mol. The van der Waals surface area contributed by atoms with E-state index in [0.717, 1.165) is 12.5 Å². The predicted octanol–water partition coefficient (Wildman–Crippen LogP) is 1.06. The topological polar surface area (TPSA) is 180 Å². The van der Waals surface area contributed by atoms with Gasteiger partial charge in [-0.2, -0.15) is 0 Å².